The molecular weight excluding hydrogens is 304 g/mol. The Morgan fingerprint density at radius 1 is 1.36 bits per heavy atom. The molecule has 2 heterocycles. The third-order valence-corrected chi connectivity index (χ3v) is 4.59. The quantitative estimate of drug-likeness (QED) is 0.556. The molecule has 0 aromatic carbocycles. The minimum atomic E-state index is -1.02. The summed E-state index contributed by atoms with van der Waals surface area (Å²) in [4.78, 5) is 27.6. The minimum Gasteiger partial charge on any atom is -0.480 e. The van der Waals surface area contributed by atoms with Gasteiger partial charge in [0.1, 0.15) is 6.04 Å². The summed E-state index contributed by atoms with van der Waals surface area (Å²) in [5.41, 5.74) is 6.01. The Hall–Kier alpha value is -1.64. The lowest BCUT2D eigenvalue weighted by atomic mass is 9.88. The summed E-state index contributed by atoms with van der Waals surface area (Å²) >= 11 is 1.28. The largest absolute Gasteiger partial charge is 0.480 e. The molecule has 2 rings (SSSR count). The standard InChI is InChI=1S/C14H20N4O3S/c1-8-12(9(2)18-17-8)13(14(20)21)16-10(19)7-22-11-5-3-4-6-15-11/h3-6,8-9,12-13,17-18H,7H2,1-2H3,(H,16,19)(H,20,21). The fourth-order valence-corrected chi connectivity index (χ4v) is 3.25. The van der Waals surface area contributed by atoms with E-state index in [0.29, 0.717) is 0 Å². The number of thioether (sulfide) groups is 1. The number of rotatable bonds is 6. The first-order chi connectivity index (χ1) is 10.5. The summed E-state index contributed by atoms with van der Waals surface area (Å²) in [5.74, 6) is -1.42. The molecule has 1 amide bonds. The zero-order valence-electron chi connectivity index (χ0n) is 12.4. The van der Waals surface area contributed by atoms with Crippen LogP contribution >= 0.6 is 11.8 Å². The van der Waals surface area contributed by atoms with Crippen molar-refractivity contribution in [1.29, 1.82) is 0 Å². The molecule has 7 nitrogen and oxygen atoms in total. The monoisotopic (exact) mass is 324 g/mol. The number of hydrogen-bond donors (Lipinski definition) is 4. The van der Waals surface area contributed by atoms with Crippen molar-refractivity contribution in [2.24, 2.45) is 5.92 Å². The molecule has 1 aromatic rings. The van der Waals surface area contributed by atoms with E-state index < -0.39 is 12.0 Å². The first-order valence-corrected chi connectivity index (χ1v) is 8.04. The number of aliphatic carboxylic acids is 1. The van der Waals surface area contributed by atoms with E-state index in [4.69, 9.17) is 0 Å². The Labute approximate surface area is 133 Å². The number of carboxylic acids is 1. The van der Waals surface area contributed by atoms with Crippen molar-refractivity contribution >= 4 is 23.6 Å². The van der Waals surface area contributed by atoms with Crippen molar-refractivity contribution in [3.63, 3.8) is 0 Å². The fourth-order valence-electron chi connectivity index (χ4n) is 2.58. The third-order valence-electron chi connectivity index (χ3n) is 3.65. The van der Waals surface area contributed by atoms with Gasteiger partial charge in [-0.1, -0.05) is 17.8 Å². The van der Waals surface area contributed by atoms with Crippen LogP contribution in [0.25, 0.3) is 0 Å². The average Bonchev–Trinajstić information content (AvgIpc) is 2.83. The molecule has 120 valence electrons. The number of pyridine rings is 1. The Balaban J connectivity index is 1.93. The van der Waals surface area contributed by atoms with Gasteiger partial charge in [-0.05, 0) is 26.0 Å². The lowest BCUT2D eigenvalue weighted by molar-refractivity contribution is -0.143. The zero-order chi connectivity index (χ0) is 16.1. The number of nitrogens with one attached hydrogen (secondary N) is 3. The predicted octanol–water partition coefficient (Wildman–Crippen LogP) is 0.244. The molecular formula is C14H20N4O3S. The van der Waals surface area contributed by atoms with Crippen molar-refractivity contribution in [3.05, 3.63) is 24.4 Å². The maximum absolute atomic E-state index is 12.0. The van der Waals surface area contributed by atoms with E-state index in [1.54, 1.807) is 12.3 Å². The molecule has 3 unspecified atom stereocenters. The zero-order valence-corrected chi connectivity index (χ0v) is 13.3. The van der Waals surface area contributed by atoms with Crippen LogP contribution in [-0.4, -0.2) is 45.8 Å². The number of carboxylic acid groups (broad SMARTS) is 1. The highest BCUT2D eigenvalue weighted by Gasteiger charge is 2.40. The highest BCUT2D eigenvalue weighted by molar-refractivity contribution is 7.99. The number of amides is 1. The second kappa shape index (κ2) is 7.57. The van der Waals surface area contributed by atoms with Crippen LogP contribution in [0.3, 0.4) is 0 Å². The highest BCUT2D eigenvalue weighted by Crippen LogP contribution is 2.20. The summed E-state index contributed by atoms with van der Waals surface area (Å²) in [6.45, 7) is 3.79. The van der Waals surface area contributed by atoms with Gasteiger partial charge in [0.15, 0.2) is 0 Å². The lowest BCUT2D eigenvalue weighted by Gasteiger charge is -2.26. The van der Waals surface area contributed by atoms with Crippen molar-refractivity contribution < 1.29 is 14.7 Å². The summed E-state index contributed by atoms with van der Waals surface area (Å²) in [6, 6.07) is 4.44. The van der Waals surface area contributed by atoms with Crippen molar-refractivity contribution in [2.75, 3.05) is 5.75 Å². The molecule has 0 spiro atoms. The number of carbonyl (C=O) groups is 2. The molecule has 22 heavy (non-hydrogen) atoms. The van der Waals surface area contributed by atoms with Crippen molar-refractivity contribution in [1.82, 2.24) is 21.2 Å². The molecule has 1 saturated heterocycles. The molecule has 1 aliphatic rings. The van der Waals surface area contributed by atoms with Crippen LogP contribution in [0.5, 0.6) is 0 Å². The van der Waals surface area contributed by atoms with Crippen LogP contribution in [0, 0.1) is 5.92 Å². The molecule has 1 aromatic heterocycles. The van der Waals surface area contributed by atoms with E-state index in [0.717, 1.165) is 5.03 Å². The average molecular weight is 324 g/mol. The topological polar surface area (TPSA) is 103 Å². The maximum Gasteiger partial charge on any atom is 0.326 e. The molecule has 4 N–H and O–H groups in total. The van der Waals surface area contributed by atoms with E-state index in [-0.39, 0.29) is 29.7 Å². The van der Waals surface area contributed by atoms with Gasteiger partial charge in [-0.3, -0.25) is 15.6 Å². The Morgan fingerprint density at radius 3 is 2.59 bits per heavy atom. The maximum atomic E-state index is 12.0. The van der Waals surface area contributed by atoms with Gasteiger partial charge in [-0.25, -0.2) is 9.78 Å². The number of aromatic nitrogens is 1. The van der Waals surface area contributed by atoms with Gasteiger partial charge in [0, 0.05) is 24.2 Å². The van der Waals surface area contributed by atoms with E-state index >= 15 is 0 Å². The Kier molecular flexibility index (Phi) is 5.76. The number of nitrogens with zero attached hydrogens (tertiary/aromatic N) is 1. The summed E-state index contributed by atoms with van der Waals surface area (Å²) < 4.78 is 0. The van der Waals surface area contributed by atoms with E-state index in [1.807, 2.05) is 26.0 Å². The molecule has 0 bridgehead atoms. The molecule has 0 radical (unpaired) electrons. The van der Waals surface area contributed by atoms with Crippen LogP contribution in [0.2, 0.25) is 0 Å². The van der Waals surface area contributed by atoms with Gasteiger partial charge >= 0.3 is 5.97 Å². The molecule has 3 atom stereocenters. The SMILES string of the molecule is CC1NNC(C)C1C(NC(=O)CSc1ccccn1)C(=O)O. The summed E-state index contributed by atoms with van der Waals surface area (Å²) in [7, 11) is 0. The van der Waals surface area contributed by atoms with Gasteiger partial charge in [-0.15, -0.1) is 0 Å². The lowest BCUT2D eigenvalue weighted by Crippen LogP contribution is -2.51. The molecule has 1 fully saturated rings. The van der Waals surface area contributed by atoms with Crippen molar-refractivity contribution in [3.8, 4) is 0 Å². The molecule has 0 aliphatic carbocycles. The van der Waals surface area contributed by atoms with Gasteiger partial charge in [0.25, 0.3) is 0 Å². The Morgan fingerprint density at radius 2 is 2.05 bits per heavy atom. The second-order valence-corrected chi connectivity index (χ2v) is 6.28. The third kappa shape index (κ3) is 4.19. The van der Waals surface area contributed by atoms with Crippen LogP contribution < -0.4 is 16.2 Å². The summed E-state index contributed by atoms with van der Waals surface area (Å²) in [6.07, 6.45) is 1.65. The number of hydrogen-bond acceptors (Lipinski definition) is 6. The predicted molar refractivity (Wildman–Crippen MR) is 83.2 cm³/mol. The van der Waals surface area contributed by atoms with E-state index in [9.17, 15) is 14.7 Å². The molecule has 8 heteroatoms. The Bertz CT molecular complexity index is 518. The fraction of sp³-hybridized carbons (Fsp3) is 0.500. The first-order valence-electron chi connectivity index (χ1n) is 7.06. The minimum absolute atomic E-state index is 0.0418. The van der Waals surface area contributed by atoms with Gasteiger partial charge < -0.3 is 10.4 Å². The molecule has 0 saturated carbocycles. The number of carbonyl (C=O) groups excluding carboxylic acids is 1. The van der Waals surface area contributed by atoms with Crippen molar-refractivity contribution in [2.45, 2.75) is 37.0 Å². The van der Waals surface area contributed by atoms with E-state index in [2.05, 4.69) is 21.2 Å². The van der Waals surface area contributed by atoms with Gasteiger partial charge in [-0.2, -0.15) is 0 Å². The van der Waals surface area contributed by atoms with Crippen LogP contribution in [0.1, 0.15) is 13.8 Å². The smallest absolute Gasteiger partial charge is 0.326 e. The highest BCUT2D eigenvalue weighted by atomic mass is 32.2. The van der Waals surface area contributed by atoms with Gasteiger partial charge in [0.05, 0.1) is 10.8 Å². The van der Waals surface area contributed by atoms with Crippen LogP contribution in [0.4, 0.5) is 0 Å². The normalized spacial score (nSPS) is 25.6. The van der Waals surface area contributed by atoms with E-state index in [1.165, 1.54) is 11.8 Å². The molecule has 1 aliphatic heterocycles. The summed E-state index contributed by atoms with van der Waals surface area (Å²) in [5, 5.41) is 12.8. The second-order valence-electron chi connectivity index (χ2n) is 5.28. The van der Waals surface area contributed by atoms with Crippen LogP contribution in [0.15, 0.2) is 29.4 Å². The first kappa shape index (κ1) is 16.7. The number of hydrazine groups is 1. The van der Waals surface area contributed by atoms with Crippen LogP contribution in [-0.2, 0) is 9.59 Å². The van der Waals surface area contributed by atoms with Gasteiger partial charge in [0.2, 0.25) is 5.91 Å².